The summed E-state index contributed by atoms with van der Waals surface area (Å²) >= 11 is 0. The highest BCUT2D eigenvalue weighted by Crippen LogP contribution is 2.19. The molecule has 1 N–H and O–H groups in total. The van der Waals surface area contributed by atoms with E-state index < -0.39 is 36.4 Å². The number of carbonyl (C=O) groups is 3. The molecule has 7 nitrogen and oxygen atoms in total. The van der Waals surface area contributed by atoms with Crippen molar-refractivity contribution in [1.82, 2.24) is 0 Å². The zero-order valence-corrected chi connectivity index (χ0v) is 10.7. The molecule has 0 radical (unpaired) electrons. The Morgan fingerprint density at radius 2 is 1.50 bits per heavy atom. The molecule has 0 bridgehead atoms. The Morgan fingerprint density at radius 3 is 1.83 bits per heavy atom. The molecule has 0 amide bonds. The lowest BCUT2D eigenvalue weighted by atomic mass is 9.95. The van der Waals surface area contributed by atoms with Gasteiger partial charge < -0.3 is 19.3 Å². The predicted octanol–water partition coefficient (Wildman–Crippen LogP) is -0.203. The summed E-state index contributed by atoms with van der Waals surface area (Å²) in [6.45, 7) is 1.86. The van der Waals surface area contributed by atoms with Gasteiger partial charge in [-0.3, -0.25) is 9.59 Å². The SMILES string of the molecule is CCCOC(=O)C(O)(CC(=O)OC)CC(=O)OC. The van der Waals surface area contributed by atoms with Crippen molar-refractivity contribution in [2.45, 2.75) is 31.8 Å². The Kier molecular flexibility index (Phi) is 6.96. The second-order valence-electron chi connectivity index (χ2n) is 3.67. The lowest BCUT2D eigenvalue weighted by Gasteiger charge is -2.23. The van der Waals surface area contributed by atoms with E-state index in [1.54, 1.807) is 6.92 Å². The molecule has 104 valence electrons. The molecule has 0 aromatic heterocycles. The van der Waals surface area contributed by atoms with Crippen LogP contribution >= 0.6 is 0 Å². The third kappa shape index (κ3) is 5.13. The average Bonchev–Trinajstić information content (AvgIpc) is 2.35. The summed E-state index contributed by atoms with van der Waals surface area (Å²) in [6.07, 6.45) is -0.777. The van der Waals surface area contributed by atoms with Crippen LogP contribution in [0, 0.1) is 0 Å². The van der Waals surface area contributed by atoms with Crippen molar-refractivity contribution >= 4 is 17.9 Å². The van der Waals surface area contributed by atoms with Crippen LogP contribution in [0.25, 0.3) is 0 Å². The van der Waals surface area contributed by atoms with E-state index >= 15 is 0 Å². The van der Waals surface area contributed by atoms with E-state index in [9.17, 15) is 19.5 Å². The Hall–Kier alpha value is -1.63. The van der Waals surface area contributed by atoms with E-state index in [0.29, 0.717) is 6.42 Å². The van der Waals surface area contributed by atoms with Crippen molar-refractivity contribution in [3.63, 3.8) is 0 Å². The summed E-state index contributed by atoms with van der Waals surface area (Å²) in [4.78, 5) is 33.9. The highest BCUT2D eigenvalue weighted by Gasteiger charge is 2.43. The topological polar surface area (TPSA) is 99.1 Å². The van der Waals surface area contributed by atoms with Crippen LogP contribution in [0.15, 0.2) is 0 Å². The monoisotopic (exact) mass is 262 g/mol. The first-order chi connectivity index (χ1) is 8.39. The van der Waals surface area contributed by atoms with Crippen molar-refractivity contribution in [2.24, 2.45) is 0 Å². The van der Waals surface area contributed by atoms with Gasteiger partial charge in [-0.25, -0.2) is 4.79 Å². The number of rotatable bonds is 7. The molecular weight excluding hydrogens is 244 g/mol. The lowest BCUT2D eigenvalue weighted by Crippen LogP contribution is -2.44. The molecule has 0 fully saturated rings. The Balaban J connectivity index is 4.83. The van der Waals surface area contributed by atoms with Crippen molar-refractivity contribution in [2.75, 3.05) is 20.8 Å². The summed E-state index contributed by atoms with van der Waals surface area (Å²) < 4.78 is 13.5. The van der Waals surface area contributed by atoms with Gasteiger partial charge >= 0.3 is 17.9 Å². The van der Waals surface area contributed by atoms with E-state index in [0.717, 1.165) is 14.2 Å². The maximum absolute atomic E-state index is 11.6. The normalized spacial score (nSPS) is 10.7. The van der Waals surface area contributed by atoms with Crippen molar-refractivity contribution in [1.29, 1.82) is 0 Å². The Morgan fingerprint density at radius 1 is 1.06 bits per heavy atom. The van der Waals surface area contributed by atoms with E-state index in [1.807, 2.05) is 0 Å². The maximum Gasteiger partial charge on any atom is 0.339 e. The van der Waals surface area contributed by atoms with Gasteiger partial charge in [0.2, 0.25) is 0 Å². The Bertz CT molecular complexity index is 293. The smallest absolute Gasteiger partial charge is 0.339 e. The van der Waals surface area contributed by atoms with Gasteiger partial charge in [0.15, 0.2) is 5.60 Å². The third-order valence-electron chi connectivity index (χ3n) is 2.15. The number of carbonyl (C=O) groups excluding carboxylic acids is 3. The van der Waals surface area contributed by atoms with E-state index in [1.165, 1.54) is 0 Å². The zero-order valence-electron chi connectivity index (χ0n) is 10.7. The first-order valence-electron chi connectivity index (χ1n) is 5.42. The van der Waals surface area contributed by atoms with Crippen LogP contribution in [0.1, 0.15) is 26.2 Å². The number of hydrogen-bond donors (Lipinski definition) is 1. The molecule has 0 unspecified atom stereocenters. The van der Waals surface area contributed by atoms with Gasteiger partial charge in [-0.2, -0.15) is 0 Å². The van der Waals surface area contributed by atoms with Crippen LogP contribution in [0.2, 0.25) is 0 Å². The summed E-state index contributed by atoms with van der Waals surface area (Å²) in [5, 5.41) is 10.0. The summed E-state index contributed by atoms with van der Waals surface area (Å²) in [7, 11) is 2.22. The fraction of sp³-hybridized carbons (Fsp3) is 0.727. The molecule has 0 heterocycles. The molecule has 0 aliphatic rings. The number of ether oxygens (including phenoxy) is 3. The van der Waals surface area contributed by atoms with Gasteiger partial charge in [0, 0.05) is 0 Å². The van der Waals surface area contributed by atoms with Gasteiger partial charge in [0.1, 0.15) is 0 Å². The van der Waals surface area contributed by atoms with Crippen molar-refractivity contribution < 1.29 is 33.7 Å². The molecule has 0 aliphatic carbocycles. The van der Waals surface area contributed by atoms with Gasteiger partial charge in [-0.15, -0.1) is 0 Å². The van der Waals surface area contributed by atoms with Gasteiger partial charge in [-0.1, -0.05) is 6.92 Å². The average molecular weight is 262 g/mol. The summed E-state index contributed by atoms with van der Waals surface area (Å²) in [5.74, 6) is -2.69. The van der Waals surface area contributed by atoms with Crippen LogP contribution in [-0.2, 0) is 28.6 Å². The fourth-order valence-corrected chi connectivity index (χ4v) is 1.16. The van der Waals surface area contributed by atoms with Crippen LogP contribution in [-0.4, -0.2) is 49.4 Å². The van der Waals surface area contributed by atoms with Crippen molar-refractivity contribution in [3.8, 4) is 0 Å². The molecule has 7 heteroatoms. The van der Waals surface area contributed by atoms with Crippen LogP contribution in [0.3, 0.4) is 0 Å². The molecule has 0 aliphatic heterocycles. The zero-order chi connectivity index (χ0) is 14.2. The molecule has 0 aromatic carbocycles. The minimum absolute atomic E-state index is 0.0868. The number of hydrogen-bond acceptors (Lipinski definition) is 7. The summed E-state index contributed by atoms with van der Waals surface area (Å²) in [5.41, 5.74) is -2.25. The largest absolute Gasteiger partial charge is 0.469 e. The van der Waals surface area contributed by atoms with Gasteiger partial charge in [0.05, 0.1) is 33.7 Å². The van der Waals surface area contributed by atoms with E-state index in [4.69, 9.17) is 4.74 Å². The maximum atomic E-state index is 11.6. The Labute approximate surface area is 105 Å². The minimum Gasteiger partial charge on any atom is -0.469 e. The molecule has 0 rings (SSSR count). The quantitative estimate of drug-likeness (QED) is 0.501. The number of methoxy groups -OCH3 is 2. The van der Waals surface area contributed by atoms with Gasteiger partial charge in [0.25, 0.3) is 0 Å². The first-order valence-corrected chi connectivity index (χ1v) is 5.42. The lowest BCUT2D eigenvalue weighted by molar-refractivity contribution is -0.176. The number of aliphatic hydroxyl groups is 1. The standard InChI is InChI=1S/C11H18O7/c1-4-5-18-10(14)11(15,6-8(12)16-2)7-9(13)17-3/h15H,4-7H2,1-3H3. The second kappa shape index (κ2) is 7.65. The molecule has 18 heavy (non-hydrogen) atoms. The van der Waals surface area contributed by atoms with E-state index in [2.05, 4.69) is 9.47 Å². The second-order valence-corrected chi connectivity index (χ2v) is 3.67. The van der Waals surface area contributed by atoms with E-state index in [-0.39, 0.29) is 6.61 Å². The molecule has 0 aromatic rings. The minimum atomic E-state index is -2.25. The highest BCUT2D eigenvalue weighted by molar-refractivity contribution is 5.90. The summed E-state index contributed by atoms with van der Waals surface area (Å²) in [6, 6.07) is 0. The predicted molar refractivity (Wildman–Crippen MR) is 59.5 cm³/mol. The molecule has 0 saturated heterocycles. The van der Waals surface area contributed by atoms with Crippen LogP contribution in [0.4, 0.5) is 0 Å². The molecular formula is C11H18O7. The van der Waals surface area contributed by atoms with Crippen LogP contribution in [0.5, 0.6) is 0 Å². The third-order valence-corrected chi connectivity index (χ3v) is 2.15. The molecule has 0 atom stereocenters. The first kappa shape index (κ1) is 16.4. The van der Waals surface area contributed by atoms with Crippen LogP contribution < -0.4 is 0 Å². The van der Waals surface area contributed by atoms with Gasteiger partial charge in [-0.05, 0) is 6.42 Å². The number of esters is 3. The fourth-order valence-electron chi connectivity index (χ4n) is 1.16. The highest BCUT2D eigenvalue weighted by atomic mass is 16.6. The molecule has 0 saturated carbocycles. The molecule has 0 spiro atoms. The van der Waals surface area contributed by atoms with Crippen molar-refractivity contribution in [3.05, 3.63) is 0 Å².